The number of nitrogens with one attached hydrogen (secondary N) is 1. The highest BCUT2D eigenvalue weighted by Gasteiger charge is 2.49. The van der Waals surface area contributed by atoms with Gasteiger partial charge in [0.1, 0.15) is 5.54 Å². The Balaban J connectivity index is 2.58. The standard InChI is InChI=1S/C16H31NO4/c1-5-10-17-16(15(18)20-4)9-6-7-14(16)8-11-21-13(2)12-19-3/h13-14,17H,5-12H2,1-4H3. The zero-order valence-electron chi connectivity index (χ0n) is 13.9. The van der Waals surface area contributed by atoms with Gasteiger partial charge in [0.15, 0.2) is 0 Å². The summed E-state index contributed by atoms with van der Waals surface area (Å²) in [6.45, 7) is 6.20. The Morgan fingerprint density at radius 1 is 1.43 bits per heavy atom. The third-order valence-electron chi connectivity index (χ3n) is 4.33. The van der Waals surface area contributed by atoms with Gasteiger partial charge in [-0.1, -0.05) is 13.3 Å². The molecule has 1 N–H and O–H groups in total. The highest BCUT2D eigenvalue weighted by Crippen LogP contribution is 2.39. The minimum absolute atomic E-state index is 0.0903. The van der Waals surface area contributed by atoms with Gasteiger partial charge in [0.2, 0.25) is 0 Å². The summed E-state index contributed by atoms with van der Waals surface area (Å²) in [4.78, 5) is 12.3. The average Bonchev–Trinajstić information content (AvgIpc) is 2.88. The number of esters is 1. The molecule has 0 bridgehead atoms. The Morgan fingerprint density at radius 3 is 2.81 bits per heavy atom. The van der Waals surface area contributed by atoms with Crippen molar-refractivity contribution in [1.82, 2.24) is 5.32 Å². The summed E-state index contributed by atoms with van der Waals surface area (Å²) in [5, 5.41) is 3.45. The van der Waals surface area contributed by atoms with Crippen LogP contribution in [0.25, 0.3) is 0 Å². The fourth-order valence-corrected chi connectivity index (χ4v) is 3.27. The minimum Gasteiger partial charge on any atom is -0.468 e. The number of carbonyl (C=O) groups is 1. The zero-order chi connectivity index (χ0) is 15.7. The third kappa shape index (κ3) is 4.94. The van der Waals surface area contributed by atoms with Gasteiger partial charge < -0.3 is 19.5 Å². The molecular formula is C16H31NO4. The lowest BCUT2D eigenvalue weighted by Gasteiger charge is -2.34. The molecule has 1 aliphatic carbocycles. The van der Waals surface area contributed by atoms with E-state index < -0.39 is 5.54 Å². The second-order valence-corrected chi connectivity index (χ2v) is 5.90. The lowest BCUT2D eigenvalue weighted by atomic mass is 9.84. The molecule has 1 fully saturated rings. The largest absolute Gasteiger partial charge is 0.468 e. The molecule has 0 aliphatic heterocycles. The Bertz CT molecular complexity index is 311. The smallest absolute Gasteiger partial charge is 0.326 e. The van der Waals surface area contributed by atoms with E-state index in [0.29, 0.717) is 13.2 Å². The highest BCUT2D eigenvalue weighted by atomic mass is 16.5. The Morgan fingerprint density at radius 2 is 2.19 bits per heavy atom. The van der Waals surface area contributed by atoms with Crippen LogP contribution in [-0.2, 0) is 19.0 Å². The van der Waals surface area contributed by atoms with Crippen molar-refractivity contribution in [1.29, 1.82) is 0 Å². The van der Waals surface area contributed by atoms with Crippen molar-refractivity contribution in [3.63, 3.8) is 0 Å². The molecule has 0 heterocycles. The van der Waals surface area contributed by atoms with E-state index in [1.165, 1.54) is 7.11 Å². The molecule has 5 nitrogen and oxygen atoms in total. The summed E-state index contributed by atoms with van der Waals surface area (Å²) in [5.41, 5.74) is -0.515. The number of hydrogen-bond acceptors (Lipinski definition) is 5. The van der Waals surface area contributed by atoms with Gasteiger partial charge >= 0.3 is 5.97 Å². The van der Waals surface area contributed by atoms with Crippen molar-refractivity contribution < 1.29 is 19.0 Å². The van der Waals surface area contributed by atoms with E-state index in [-0.39, 0.29) is 18.0 Å². The molecule has 0 aromatic rings. The first-order chi connectivity index (χ1) is 10.1. The quantitative estimate of drug-likeness (QED) is 0.627. The predicted molar refractivity (Wildman–Crippen MR) is 82.3 cm³/mol. The first-order valence-corrected chi connectivity index (χ1v) is 8.04. The molecule has 1 saturated carbocycles. The lowest BCUT2D eigenvalue weighted by molar-refractivity contribution is -0.150. The van der Waals surface area contributed by atoms with E-state index in [0.717, 1.165) is 38.6 Å². The van der Waals surface area contributed by atoms with Gasteiger partial charge in [0.25, 0.3) is 0 Å². The second-order valence-electron chi connectivity index (χ2n) is 5.90. The number of carbonyl (C=O) groups excluding carboxylic acids is 1. The maximum absolute atomic E-state index is 12.3. The van der Waals surface area contributed by atoms with E-state index in [2.05, 4.69) is 12.2 Å². The molecule has 0 amide bonds. The molecule has 0 radical (unpaired) electrons. The first kappa shape index (κ1) is 18.4. The number of hydrogen-bond donors (Lipinski definition) is 1. The zero-order valence-corrected chi connectivity index (χ0v) is 13.9. The Labute approximate surface area is 128 Å². The van der Waals surface area contributed by atoms with Crippen LogP contribution in [0.4, 0.5) is 0 Å². The van der Waals surface area contributed by atoms with Crippen molar-refractivity contribution >= 4 is 5.97 Å². The summed E-state index contributed by atoms with van der Waals surface area (Å²) in [7, 11) is 3.15. The topological polar surface area (TPSA) is 56.8 Å². The van der Waals surface area contributed by atoms with Gasteiger partial charge in [-0.05, 0) is 45.1 Å². The molecule has 0 aromatic heterocycles. The summed E-state index contributed by atoms with van der Waals surface area (Å²) in [5.74, 6) is 0.162. The van der Waals surface area contributed by atoms with Gasteiger partial charge in [-0.3, -0.25) is 4.79 Å². The van der Waals surface area contributed by atoms with E-state index >= 15 is 0 Å². The van der Waals surface area contributed by atoms with Crippen LogP contribution in [0.1, 0.15) is 46.0 Å². The van der Waals surface area contributed by atoms with Crippen LogP contribution >= 0.6 is 0 Å². The van der Waals surface area contributed by atoms with Gasteiger partial charge in [0, 0.05) is 13.7 Å². The van der Waals surface area contributed by atoms with Crippen molar-refractivity contribution in [2.45, 2.75) is 57.6 Å². The lowest BCUT2D eigenvalue weighted by Crippen LogP contribution is -2.55. The van der Waals surface area contributed by atoms with Crippen LogP contribution in [0.15, 0.2) is 0 Å². The number of methoxy groups -OCH3 is 2. The molecule has 1 aliphatic rings. The Hall–Kier alpha value is -0.650. The third-order valence-corrected chi connectivity index (χ3v) is 4.33. The fraction of sp³-hybridized carbons (Fsp3) is 0.938. The van der Waals surface area contributed by atoms with E-state index in [9.17, 15) is 4.79 Å². The highest BCUT2D eigenvalue weighted by molar-refractivity contribution is 5.81. The van der Waals surface area contributed by atoms with Crippen LogP contribution in [-0.4, -0.2) is 51.6 Å². The van der Waals surface area contributed by atoms with Gasteiger partial charge in [-0.25, -0.2) is 0 Å². The molecule has 0 saturated heterocycles. The van der Waals surface area contributed by atoms with Gasteiger partial charge in [-0.15, -0.1) is 0 Å². The molecule has 0 spiro atoms. The van der Waals surface area contributed by atoms with Crippen LogP contribution in [0.3, 0.4) is 0 Å². The minimum atomic E-state index is -0.515. The van der Waals surface area contributed by atoms with E-state index in [1.807, 2.05) is 6.92 Å². The van der Waals surface area contributed by atoms with Crippen LogP contribution in [0.2, 0.25) is 0 Å². The van der Waals surface area contributed by atoms with Crippen LogP contribution in [0.5, 0.6) is 0 Å². The summed E-state index contributed by atoms with van der Waals surface area (Å²) < 4.78 is 15.9. The van der Waals surface area contributed by atoms with Crippen molar-refractivity contribution in [2.24, 2.45) is 5.92 Å². The van der Waals surface area contributed by atoms with Gasteiger partial charge in [-0.2, -0.15) is 0 Å². The molecule has 21 heavy (non-hydrogen) atoms. The van der Waals surface area contributed by atoms with Crippen molar-refractivity contribution in [3.05, 3.63) is 0 Å². The van der Waals surface area contributed by atoms with Crippen molar-refractivity contribution in [3.8, 4) is 0 Å². The Kier molecular flexibility index (Phi) is 8.22. The molecular weight excluding hydrogens is 270 g/mol. The molecule has 3 atom stereocenters. The van der Waals surface area contributed by atoms with E-state index in [1.54, 1.807) is 7.11 Å². The monoisotopic (exact) mass is 301 g/mol. The van der Waals surface area contributed by atoms with Crippen LogP contribution in [0, 0.1) is 5.92 Å². The molecule has 3 unspecified atom stereocenters. The molecule has 0 aromatic carbocycles. The number of ether oxygens (including phenoxy) is 3. The van der Waals surface area contributed by atoms with Gasteiger partial charge in [0.05, 0.1) is 19.8 Å². The van der Waals surface area contributed by atoms with Crippen molar-refractivity contribution in [2.75, 3.05) is 34.0 Å². The first-order valence-electron chi connectivity index (χ1n) is 8.04. The average molecular weight is 301 g/mol. The summed E-state index contributed by atoms with van der Waals surface area (Å²) >= 11 is 0. The molecule has 124 valence electrons. The van der Waals surface area contributed by atoms with E-state index in [4.69, 9.17) is 14.2 Å². The molecule has 1 rings (SSSR count). The molecule has 5 heteroatoms. The normalized spacial score (nSPS) is 26.8. The second kappa shape index (κ2) is 9.38. The maximum atomic E-state index is 12.3. The SMILES string of the molecule is CCCNC1(C(=O)OC)CCCC1CCOC(C)COC. The van der Waals surface area contributed by atoms with Crippen LogP contribution < -0.4 is 5.32 Å². The fourth-order valence-electron chi connectivity index (χ4n) is 3.27. The summed E-state index contributed by atoms with van der Waals surface area (Å²) in [6.07, 6.45) is 4.94. The summed E-state index contributed by atoms with van der Waals surface area (Å²) in [6, 6.07) is 0. The predicted octanol–water partition coefficient (Wildman–Crippen LogP) is 2.14. The number of rotatable bonds is 10. The maximum Gasteiger partial charge on any atom is 0.326 e.